The maximum atomic E-state index is 12.5. The monoisotopic (exact) mass is 449 g/mol. The third-order valence-corrected chi connectivity index (χ3v) is 5.48. The second kappa shape index (κ2) is 11.4. The SMILES string of the molecule is Cc1c(C(=O)NCCN2CCN(Cc3ccccc3)CC2)oc2ccccc12.Cl.Cl. The van der Waals surface area contributed by atoms with Gasteiger partial charge in [-0.2, -0.15) is 0 Å². The quantitative estimate of drug-likeness (QED) is 0.614. The second-order valence-corrected chi connectivity index (χ2v) is 7.41. The first kappa shape index (κ1) is 24.2. The standard InChI is InChI=1S/C23H27N3O2.2ClH/c1-18-20-9-5-6-10-21(20)28-22(18)23(27)24-11-12-25-13-15-26(16-14-25)17-19-7-3-2-4-8-19;;/h2-10H,11-17H2,1H3,(H,24,27);2*1H. The summed E-state index contributed by atoms with van der Waals surface area (Å²) in [7, 11) is 0. The first-order valence-electron chi connectivity index (χ1n) is 9.95. The predicted molar refractivity (Wildman–Crippen MR) is 126 cm³/mol. The molecule has 2 heterocycles. The molecule has 7 heteroatoms. The van der Waals surface area contributed by atoms with E-state index in [2.05, 4.69) is 45.4 Å². The van der Waals surface area contributed by atoms with Crippen molar-refractivity contribution >= 4 is 41.7 Å². The number of hydrogen-bond acceptors (Lipinski definition) is 4. The van der Waals surface area contributed by atoms with E-state index in [0.29, 0.717) is 12.3 Å². The fourth-order valence-corrected chi connectivity index (χ4v) is 3.81. The molecule has 2 aromatic carbocycles. The van der Waals surface area contributed by atoms with Crippen LogP contribution in [0.1, 0.15) is 21.7 Å². The lowest BCUT2D eigenvalue weighted by Gasteiger charge is -2.34. The van der Waals surface area contributed by atoms with Gasteiger partial charge in [0.25, 0.3) is 5.91 Å². The molecule has 4 rings (SSSR count). The molecule has 0 radical (unpaired) electrons. The number of nitrogens with zero attached hydrogens (tertiary/aromatic N) is 2. The van der Waals surface area contributed by atoms with Gasteiger partial charge in [0.2, 0.25) is 0 Å². The smallest absolute Gasteiger partial charge is 0.287 e. The molecule has 3 aromatic rings. The number of carbonyl (C=O) groups excluding carboxylic acids is 1. The topological polar surface area (TPSA) is 48.7 Å². The van der Waals surface area contributed by atoms with Crippen molar-refractivity contribution in [2.75, 3.05) is 39.3 Å². The van der Waals surface area contributed by atoms with E-state index >= 15 is 0 Å². The van der Waals surface area contributed by atoms with Gasteiger partial charge in [-0.1, -0.05) is 48.5 Å². The second-order valence-electron chi connectivity index (χ2n) is 7.41. The minimum atomic E-state index is -0.128. The summed E-state index contributed by atoms with van der Waals surface area (Å²) in [6.07, 6.45) is 0. The molecule has 0 spiro atoms. The van der Waals surface area contributed by atoms with Crippen LogP contribution in [0.15, 0.2) is 59.0 Å². The lowest BCUT2D eigenvalue weighted by Crippen LogP contribution is -2.48. The molecule has 0 aliphatic carbocycles. The van der Waals surface area contributed by atoms with Crippen molar-refractivity contribution in [3.63, 3.8) is 0 Å². The molecule has 0 bridgehead atoms. The Morgan fingerprint density at radius 1 is 0.933 bits per heavy atom. The van der Waals surface area contributed by atoms with Crippen LogP contribution in [-0.4, -0.2) is 55.0 Å². The summed E-state index contributed by atoms with van der Waals surface area (Å²) < 4.78 is 5.74. The van der Waals surface area contributed by atoms with Crippen molar-refractivity contribution in [2.24, 2.45) is 0 Å². The van der Waals surface area contributed by atoms with Crippen LogP contribution in [0.2, 0.25) is 0 Å². The zero-order valence-electron chi connectivity index (χ0n) is 17.2. The number of halogens is 2. The van der Waals surface area contributed by atoms with E-state index < -0.39 is 0 Å². The molecule has 0 saturated carbocycles. The van der Waals surface area contributed by atoms with Gasteiger partial charge in [-0.05, 0) is 18.6 Å². The summed E-state index contributed by atoms with van der Waals surface area (Å²) in [4.78, 5) is 17.4. The van der Waals surface area contributed by atoms with Crippen LogP contribution in [0.3, 0.4) is 0 Å². The van der Waals surface area contributed by atoms with Crippen LogP contribution in [0, 0.1) is 6.92 Å². The van der Waals surface area contributed by atoms with Crippen LogP contribution in [-0.2, 0) is 6.54 Å². The van der Waals surface area contributed by atoms with E-state index in [-0.39, 0.29) is 30.7 Å². The Hall–Kier alpha value is -2.05. The maximum absolute atomic E-state index is 12.5. The average Bonchev–Trinajstić information content (AvgIpc) is 3.07. The number of piperazine rings is 1. The Bertz CT molecular complexity index is 938. The number of hydrogen-bond donors (Lipinski definition) is 1. The van der Waals surface area contributed by atoms with E-state index in [9.17, 15) is 4.79 Å². The molecule has 0 atom stereocenters. The van der Waals surface area contributed by atoms with Crippen molar-refractivity contribution in [3.8, 4) is 0 Å². The number of carbonyl (C=O) groups is 1. The van der Waals surface area contributed by atoms with Gasteiger partial charge < -0.3 is 9.73 Å². The molecular formula is C23H29Cl2N3O2. The largest absolute Gasteiger partial charge is 0.451 e. The molecule has 5 nitrogen and oxygen atoms in total. The number of amides is 1. The molecule has 1 N–H and O–H groups in total. The number of benzene rings is 2. The predicted octanol–water partition coefficient (Wildman–Crippen LogP) is 4.13. The first-order chi connectivity index (χ1) is 13.7. The maximum Gasteiger partial charge on any atom is 0.287 e. The van der Waals surface area contributed by atoms with Crippen molar-refractivity contribution in [1.82, 2.24) is 15.1 Å². The number of furan rings is 1. The summed E-state index contributed by atoms with van der Waals surface area (Å²) in [6.45, 7) is 8.64. The fourth-order valence-electron chi connectivity index (χ4n) is 3.81. The number of aryl methyl sites for hydroxylation is 1. The highest BCUT2D eigenvalue weighted by Gasteiger charge is 2.19. The van der Waals surface area contributed by atoms with Crippen LogP contribution >= 0.6 is 24.8 Å². The number of para-hydroxylation sites is 1. The van der Waals surface area contributed by atoms with Crippen LogP contribution in [0.5, 0.6) is 0 Å². The Labute approximate surface area is 190 Å². The lowest BCUT2D eigenvalue weighted by atomic mass is 10.1. The van der Waals surface area contributed by atoms with Crippen molar-refractivity contribution in [3.05, 3.63) is 71.5 Å². The van der Waals surface area contributed by atoms with Gasteiger partial charge in [-0.15, -0.1) is 24.8 Å². The lowest BCUT2D eigenvalue weighted by molar-refractivity contribution is 0.0908. The van der Waals surface area contributed by atoms with E-state index in [0.717, 1.165) is 55.8 Å². The summed E-state index contributed by atoms with van der Waals surface area (Å²) in [5.74, 6) is 0.297. The fraction of sp³-hybridized carbons (Fsp3) is 0.348. The number of fused-ring (bicyclic) bond motifs is 1. The molecule has 1 aromatic heterocycles. The van der Waals surface area contributed by atoms with Crippen molar-refractivity contribution in [2.45, 2.75) is 13.5 Å². The normalized spacial score (nSPS) is 14.7. The number of rotatable bonds is 6. The first-order valence-corrected chi connectivity index (χ1v) is 9.95. The zero-order chi connectivity index (χ0) is 19.3. The molecule has 1 aliphatic heterocycles. The highest BCUT2D eigenvalue weighted by molar-refractivity contribution is 5.98. The van der Waals surface area contributed by atoms with Gasteiger partial charge >= 0.3 is 0 Å². The van der Waals surface area contributed by atoms with E-state index in [4.69, 9.17) is 4.42 Å². The third-order valence-electron chi connectivity index (χ3n) is 5.48. The molecule has 1 aliphatic rings. The molecule has 1 fully saturated rings. The van der Waals surface area contributed by atoms with Gasteiger partial charge in [0.15, 0.2) is 5.76 Å². The van der Waals surface area contributed by atoms with Crippen LogP contribution in [0.4, 0.5) is 0 Å². The van der Waals surface area contributed by atoms with Gasteiger partial charge in [-0.25, -0.2) is 0 Å². The van der Waals surface area contributed by atoms with Gasteiger partial charge in [0.05, 0.1) is 0 Å². The minimum Gasteiger partial charge on any atom is -0.451 e. The van der Waals surface area contributed by atoms with E-state index in [1.807, 2.05) is 31.2 Å². The van der Waals surface area contributed by atoms with Crippen LogP contribution in [0.25, 0.3) is 11.0 Å². The Morgan fingerprint density at radius 3 is 2.27 bits per heavy atom. The molecule has 0 unspecified atom stereocenters. The van der Waals surface area contributed by atoms with Gasteiger partial charge in [-0.3, -0.25) is 14.6 Å². The van der Waals surface area contributed by atoms with Gasteiger partial charge in [0.1, 0.15) is 5.58 Å². The number of nitrogens with one attached hydrogen (secondary N) is 1. The third kappa shape index (κ3) is 5.76. The average molecular weight is 450 g/mol. The summed E-state index contributed by atoms with van der Waals surface area (Å²) in [6, 6.07) is 18.4. The highest BCUT2D eigenvalue weighted by atomic mass is 35.5. The summed E-state index contributed by atoms with van der Waals surface area (Å²) in [5.41, 5.74) is 3.03. The molecule has 30 heavy (non-hydrogen) atoms. The molecular weight excluding hydrogens is 421 g/mol. The molecule has 162 valence electrons. The summed E-state index contributed by atoms with van der Waals surface area (Å²) >= 11 is 0. The Kier molecular flexibility index (Phi) is 9.18. The Balaban J connectivity index is 0.00000160. The van der Waals surface area contributed by atoms with Crippen molar-refractivity contribution in [1.29, 1.82) is 0 Å². The van der Waals surface area contributed by atoms with Crippen molar-refractivity contribution < 1.29 is 9.21 Å². The Morgan fingerprint density at radius 2 is 1.57 bits per heavy atom. The zero-order valence-corrected chi connectivity index (χ0v) is 18.8. The molecule has 1 saturated heterocycles. The van der Waals surface area contributed by atoms with Crippen LogP contribution < -0.4 is 5.32 Å². The van der Waals surface area contributed by atoms with E-state index in [1.54, 1.807) is 0 Å². The molecule has 1 amide bonds. The highest BCUT2D eigenvalue weighted by Crippen LogP contribution is 2.24. The summed E-state index contributed by atoms with van der Waals surface area (Å²) in [5, 5.41) is 4.01. The van der Waals surface area contributed by atoms with Gasteiger partial charge in [0, 0.05) is 56.8 Å². The minimum absolute atomic E-state index is 0. The van der Waals surface area contributed by atoms with E-state index in [1.165, 1.54) is 5.56 Å².